The summed E-state index contributed by atoms with van der Waals surface area (Å²) in [7, 11) is 1.76. The molecule has 0 aliphatic carbocycles. The number of para-hydroxylation sites is 2. The molecule has 0 fully saturated rings. The first-order valence-corrected chi connectivity index (χ1v) is 7.90. The van der Waals surface area contributed by atoms with Crippen LogP contribution in [0.15, 0.2) is 54.6 Å². The number of likely N-dealkylation sites (N-methyl/N-ethyl adjacent to an activating group) is 1. The van der Waals surface area contributed by atoms with Gasteiger partial charge in [0.1, 0.15) is 12.3 Å². The fraction of sp³-hybridized carbons (Fsp3) is 0.263. The smallest absolute Gasteiger partial charge is 0.265 e. The molecule has 5 heteroatoms. The fourth-order valence-corrected chi connectivity index (χ4v) is 2.75. The first-order valence-electron chi connectivity index (χ1n) is 7.90. The maximum atomic E-state index is 12.7. The second kappa shape index (κ2) is 6.74. The zero-order valence-electron chi connectivity index (χ0n) is 13.8. The number of carbonyl (C=O) groups excluding carboxylic acids is 2. The number of hydrogen-bond donors (Lipinski definition) is 0. The Labute approximate surface area is 141 Å². The van der Waals surface area contributed by atoms with Crippen LogP contribution >= 0.6 is 0 Å². The maximum Gasteiger partial charge on any atom is 0.265 e. The van der Waals surface area contributed by atoms with Gasteiger partial charge in [0.15, 0.2) is 6.61 Å². The highest BCUT2D eigenvalue weighted by Gasteiger charge is 2.29. The van der Waals surface area contributed by atoms with Crippen molar-refractivity contribution in [2.24, 2.45) is 0 Å². The number of hydrogen-bond acceptors (Lipinski definition) is 3. The quantitative estimate of drug-likeness (QED) is 0.869. The van der Waals surface area contributed by atoms with E-state index in [0.29, 0.717) is 11.4 Å². The van der Waals surface area contributed by atoms with Crippen molar-refractivity contribution in [2.75, 3.05) is 25.1 Å². The van der Waals surface area contributed by atoms with E-state index in [2.05, 4.69) is 0 Å². The number of amides is 2. The molecule has 0 N–H and O–H groups in total. The van der Waals surface area contributed by atoms with Crippen molar-refractivity contribution in [2.45, 2.75) is 13.0 Å². The third-order valence-corrected chi connectivity index (χ3v) is 4.36. The standard InChI is InChI=1S/C19H20N2O3/c1-14(15-8-4-3-5-9-15)20(2)18(22)12-21-16-10-6-7-11-17(16)24-13-19(21)23/h3-11,14H,12-13H2,1-2H3. The van der Waals surface area contributed by atoms with Crippen LogP contribution in [0.5, 0.6) is 5.75 Å². The van der Waals surface area contributed by atoms with Gasteiger partial charge < -0.3 is 9.64 Å². The van der Waals surface area contributed by atoms with Gasteiger partial charge in [-0.25, -0.2) is 0 Å². The van der Waals surface area contributed by atoms with Gasteiger partial charge in [-0.05, 0) is 24.6 Å². The predicted molar refractivity (Wildman–Crippen MR) is 91.9 cm³/mol. The van der Waals surface area contributed by atoms with Gasteiger partial charge in [-0.15, -0.1) is 0 Å². The molecule has 2 aromatic rings. The first-order chi connectivity index (χ1) is 11.6. The molecule has 0 saturated carbocycles. The molecule has 1 unspecified atom stereocenters. The highest BCUT2D eigenvalue weighted by atomic mass is 16.5. The SMILES string of the molecule is CC(c1ccccc1)N(C)C(=O)CN1C(=O)COc2ccccc21. The highest BCUT2D eigenvalue weighted by Crippen LogP contribution is 2.31. The van der Waals surface area contributed by atoms with Gasteiger partial charge >= 0.3 is 0 Å². The molecule has 124 valence electrons. The molecule has 1 aliphatic heterocycles. The summed E-state index contributed by atoms with van der Waals surface area (Å²) in [6, 6.07) is 17.0. The van der Waals surface area contributed by atoms with Gasteiger partial charge in [0.2, 0.25) is 5.91 Å². The first kappa shape index (κ1) is 16.1. The van der Waals surface area contributed by atoms with E-state index in [4.69, 9.17) is 4.74 Å². The van der Waals surface area contributed by atoms with E-state index >= 15 is 0 Å². The molecular formula is C19H20N2O3. The Morgan fingerprint density at radius 3 is 2.58 bits per heavy atom. The van der Waals surface area contributed by atoms with Gasteiger partial charge in [-0.2, -0.15) is 0 Å². The van der Waals surface area contributed by atoms with Crippen LogP contribution in [0.3, 0.4) is 0 Å². The number of carbonyl (C=O) groups is 2. The molecule has 0 radical (unpaired) electrons. The van der Waals surface area contributed by atoms with Gasteiger partial charge in [0.05, 0.1) is 11.7 Å². The Balaban J connectivity index is 1.76. The Bertz CT molecular complexity index is 745. The van der Waals surface area contributed by atoms with E-state index in [1.165, 1.54) is 4.90 Å². The monoisotopic (exact) mass is 324 g/mol. The fourth-order valence-electron chi connectivity index (χ4n) is 2.75. The van der Waals surface area contributed by atoms with Gasteiger partial charge in [-0.3, -0.25) is 14.5 Å². The van der Waals surface area contributed by atoms with Crippen LogP contribution in [0, 0.1) is 0 Å². The summed E-state index contributed by atoms with van der Waals surface area (Å²) in [6.45, 7) is 1.94. The Hall–Kier alpha value is -2.82. The third-order valence-electron chi connectivity index (χ3n) is 4.36. The number of rotatable bonds is 4. The molecule has 24 heavy (non-hydrogen) atoms. The molecule has 0 aromatic heterocycles. The van der Waals surface area contributed by atoms with Crippen molar-refractivity contribution in [1.29, 1.82) is 0 Å². The second-order valence-electron chi connectivity index (χ2n) is 5.83. The normalized spacial score (nSPS) is 14.6. The zero-order valence-corrected chi connectivity index (χ0v) is 13.8. The largest absolute Gasteiger partial charge is 0.482 e. The van der Waals surface area contributed by atoms with E-state index in [0.717, 1.165) is 5.56 Å². The zero-order chi connectivity index (χ0) is 17.1. The summed E-state index contributed by atoms with van der Waals surface area (Å²) in [5.74, 6) is 0.308. The molecule has 1 aliphatic rings. The van der Waals surface area contributed by atoms with E-state index in [-0.39, 0.29) is 31.0 Å². The lowest BCUT2D eigenvalue weighted by atomic mass is 10.1. The van der Waals surface area contributed by atoms with E-state index in [9.17, 15) is 9.59 Å². The minimum atomic E-state index is -0.206. The minimum absolute atomic E-state index is 0.00683. The van der Waals surface area contributed by atoms with Crippen molar-refractivity contribution in [3.8, 4) is 5.75 Å². The lowest BCUT2D eigenvalue weighted by Crippen LogP contribution is -2.46. The summed E-state index contributed by atoms with van der Waals surface area (Å²) in [4.78, 5) is 28.0. The topological polar surface area (TPSA) is 49.9 Å². The Morgan fingerprint density at radius 2 is 1.83 bits per heavy atom. The molecule has 0 saturated heterocycles. The second-order valence-corrected chi connectivity index (χ2v) is 5.83. The minimum Gasteiger partial charge on any atom is -0.482 e. The lowest BCUT2D eigenvalue weighted by molar-refractivity contribution is -0.132. The predicted octanol–water partition coefficient (Wildman–Crippen LogP) is 2.63. The van der Waals surface area contributed by atoms with Crippen LogP contribution in [-0.4, -0.2) is 36.9 Å². The van der Waals surface area contributed by atoms with Crippen molar-refractivity contribution in [3.05, 3.63) is 60.2 Å². The molecule has 3 rings (SSSR count). The van der Waals surface area contributed by atoms with Crippen molar-refractivity contribution >= 4 is 17.5 Å². The summed E-state index contributed by atoms with van der Waals surface area (Å²) >= 11 is 0. The molecule has 2 aromatic carbocycles. The molecule has 0 spiro atoms. The van der Waals surface area contributed by atoms with Crippen LogP contribution in [0.2, 0.25) is 0 Å². The lowest BCUT2D eigenvalue weighted by Gasteiger charge is -2.32. The average molecular weight is 324 g/mol. The summed E-state index contributed by atoms with van der Waals surface area (Å²) in [5, 5.41) is 0. The van der Waals surface area contributed by atoms with Crippen LogP contribution in [0.25, 0.3) is 0 Å². The van der Waals surface area contributed by atoms with Crippen molar-refractivity contribution < 1.29 is 14.3 Å². The van der Waals surface area contributed by atoms with E-state index in [1.807, 2.05) is 49.4 Å². The number of anilines is 1. The average Bonchev–Trinajstić information content (AvgIpc) is 2.63. The number of ether oxygens (including phenoxy) is 1. The Morgan fingerprint density at radius 1 is 1.17 bits per heavy atom. The van der Waals surface area contributed by atoms with Crippen LogP contribution in [-0.2, 0) is 9.59 Å². The molecule has 0 bridgehead atoms. The highest BCUT2D eigenvalue weighted by molar-refractivity contribution is 6.02. The number of benzene rings is 2. The van der Waals surface area contributed by atoms with Crippen LogP contribution in [0.4, 0.5) is 5.69 Å². The van der Waals surface area contributed by atoms with Crippen molar-refractivity contribution in [1.82, 2.24) is 4.90 Å². The van der Waals surface area contributed by atoms with Crippen LogP contribution in [0.1, 0.15) is 18.5 Å². The summed E-state index contributed by atoms with van der Waals surface area (Å²) in [5.41, 5.74) is 1.70. The molecule has 5 nitrogen and oxygen atoms in total. The molecule has 2 amide bonds. The van der Waals surface area contributed by atoms with E-state index < -0.39 is 0 Å². The van der Waals surface area contributed by atoms with Gasteiger partial charge in [0, 0.05) is 7.05 Å². The third kappa shape index (κ3) is 3.11. The summed E-state index contributed by atoms with van der Waals surface area (Å²) < 4.78 is 5.41. The number of nitrogens with zero attached hydrogens (tertiary/aromatic N) is 2. The van der Waals surface area contributed by atoms with Crippen LogP contribution < -0.4 is 9.64 Å². The summed E-state index contributed by atoms with van der Waals surface area (Å²) in [6.07, 6.45) is 0. The van der Waals surface area contributed by atoms with Gasteiger partial charge in [-0.1, -0.05) is 42.5 Å². The number of fused-ring (bicyclic) bond motifs is 1. The van der Waals surface area contributed by atoms with E-state index in [1.54, 1.807) is 24.1 Å². The molecular weight excluding hydrogens is 304 g/mol. The van der Waals surface area contributed by atoms with Gasteiger partial charge in [0.25, 0.3) is 5.91 Å². The van der Waals surface area contributed by atoms with Crippen molar-refractivity contribution in [3.63, 3.8) is 0 Å². The maximum absolute atomic E-state index is 12.7. The molecule has 1 atom stereocenters. The Kier molecular flexibility index (Phi) is 4.51. The molecule has 1 heterocycles.